The van der Waals surface area contributed by atoms with Crippen LogP contribution in [0.3, 0.4) is 0 Å². The fourth-order valence-electron chi connectivity index (χ4n) is 1.45. The highest BCUT2D eigenvalue weighted by Crippen LogP contribution is 2.29. The highest BCUT2D eigenvalue weighted by molar-refractivity contribution is 6.17. The van der Waals surface area contributed by atoms with Gasteiger partial charge in [0.05, 0.1) is 13.2 Å². The van der Waals surface area contributed by atoms with Gasteiger partial charge in [0, 0.05) is 5.88 Å². The molecule has 0 amide bonds. The van der Waals surface area contributed by atoms with Gasteiger partial charge in [-0.3, -0.25) is 0 Å². The van der Waals surface area contributed by atoms with Crippen molar-refractivity contribution < 1.29 is 9.47 Å². The molecule has 0 aliphatic rings. The second kappa shape index (κ2) is 8.02. The zero-order valence-electron chi connectivity index (χ0n) is 10.4. The minimum Gasteiger partial charge on any atom is -0.490 e. The molecule has 0 radical (unpaired) electrons. The Kier molecular flexibility index (Phi) is 6.56. The third-order valence-corrected chi connectivity index (χ3v) is 2.37. The molecule has 1 aromatic carbocycles. The smallest absolute Gasteiger partial charge is 0.161 e. The van der Waals surface area contributed by atoms with Crippen LogP contribution < -0.4 is 9.47 Å². The average Bonchev–Trinajstić information content (AvgIpc) is 2.33. The van der Waals surface area contributed by atoms with Gasteiger partial charge in [0.1, 0.15) is 0 Å². The zero-order valence-corrected chi connectivity index (χ0v) is 11.2. The number of rotatable bonds is 7. The minimum atomic E-state index is 0.634. The second-order valence-electron chi connectivity index (χ2n) is 3.45. The van der Waals surface area contributed by atoms with Crippen molar-refractivity contribution in [3.63, 3.8) is 0 Å². The van der Waals surface area contributed by atoms with Crippen LogP contribution in [0.4, 0.5) is 0 Å². The summed E-state index contributed by atoms with van der Waals surface area (Å²) in [5.74, 6) is 2.23. The van der Waals surface area contributed by atoms with Crippen molar-refractivity contribution >= 4 is 17.7 Å². The number of alkyl halides is 1. The van der Waals surface area contributed by atoms with Crippen LogP contribution in [0.15, 0.2) is 24.3 Å². The van der Waals surface area contributed by atoms with E-state index in [9.17, 15) is 0 Å². The summed E-state index contributed by atoms with van der Waals surface area (Å²) in [5, 5.41) is 0. The number of benzene rings is 1. The minimum absolute atomic E-state index is 0.634. The van der Waals surface area contributed by atoms with Gasteiger partial charge in [-0.1, -0.05) is 18.2 Å². The second-order valence-corrected chi connectivity index (χ2v) is 3.83. The van der Waals surface area contributed by atoms with Gasteiger partial charge in [0.2, 0.25) is 0 Å². The molecule has 0 aromatic heterocycles. The molecule has 0 N–H and O–H groups in total. The first-order chi connectivity index (χ1) is 8.31. The van der Waals surface area contributed by atoms with Crippen molar-refractivity contribution in [2.75, 3.05) is 19.1 Å². The fraction of sp³-hybridized carbons (Fsp3) is 0.429. The molecule has 0 fully saturated rings. The van der Waals surface area contributed by atoms with E-state index < -0.39 is 0 Å². The van der Waals surface area contributed by atoms with Crippen molar-refractivity contribution in [3.8, 4) is 11.5 Å². The molecule has 0 saturated heterocycles. The van der Waals surface area contributed by atoms with E-state index in [-0.39, 0.29) is 0 Å². The average molecular weight is 255 g/mol. The Hall–Kier alpha value is -1.15. The Bertz CT molecular complexity index is 361. The molecule has 0 aliphatic heterocycles. The third kappa shape index (κ3) is 4.70. The van der Waals surface area contributed by atoms with Crippen LogP contribution in [0, 0.1) is 0 Å². The maximum absolute atomic E-state index is 5.62. The predicted octanol–water partition coefficient (Wildman–Crippen LogP) is 4.13. The Morgan fingerprint density at radius 3 is 2.47 bits per heavy atom. The highest BCUT2D eigenvalue weighted by Gasteiger charge is 2.04. The molecule has 1 aromatic rings. The Morgan fingerprint density at radius 1 is 1.12 bits per heavy atom. The Labute approximate surface area is 108 Å². The lowest BCUT2D eigenvalue weighted by molar-refractivity contribution is 0.287. The van der Waals surface area contributed by atoms with Crippen LogP contribution >= 0.6 is 11.6 Å². The van der Waals surface area contributed by atoms with Gasteiger partial charge in [-0.05, 0) is 38.0 Å². The van der Waals surface area contributed by atoms with E-state index in [0.29, 0.717) is 19.1 Å². The molecule has 17 heavy (non-hydrogen) atoms. The van der Waals surface area contributed by atoms with Crippen molar-refractivity contribution in [1.82, 2.24) is 0 Å². The van der Waals surface area contributed by atoms with E-state index in [1.54, 1.807) is 0 Å². The molecule has 0 bridgehead atoms. The summed E-state index contributed by atoms with van der Waals surface area (Å²) in [7, 11) is 0. The summed E-state index contributed by atoms with van der Waals surface area (Å²) in [6.07, 6.45) is 4.97. The van der Waals surface area contributed by atoms with E-state index in [2.05, 4.69) is 6.08 Å². The van der Waals surface area contributed by atoms with E-state index in [0.717, 1.165) is 23.5 Å². The van der Waals surface area contributed by atoms with Crippen LogP contribution in [0.25, 0.3) is 6.08 Å². The van der Waals surface area contributed by atoms with Crippen molar-refractivity contribution in [3.05, 3.63) is 29.8 Å². The molecule has 0 spiro atoms. The lowest BCUT2D eigenvalue weighted by Gasteiger charge is -2.11. The molecule has 3 heteroatoms. The largest absolute Gasteiger partial charge is 0.490 e. The number of hydrogen-bond donors (Lipinski definition) is 0. The van der Waals surface area contributed by atoms with E-state index in [4.69, 9.17) is 21.1 Å². The number of halogens is 1. The maximum Gasteiger partial charge on any atom is 0.161 e. The van der Waals surface area contributed by atoms with Crippen molar-refractivity contribution in [2.45, 2.75) is 20.3 Å². The standard InChI is InChI=1S/C14H19ClO2/c1-3-16-13-9-8-12(7-5-6-10-15)11-14(13)17-4-2/h5,7-9,11H,3-4,6,10H2,1-2H3. The molecule has 94 valence electrons. The van der Waals surface area contributed by atoms with Crippen LogP contribution in [0.1, 0.15) is 25.8 Å². The SMILES string of the molecule is CCOc1ccc(C=CCCCl)cc1OCC. The summed E-state index contributed by atoms with van der Waals surface area (Å²) in [5.41, 5.74) is 1.10. The topological polar surface area (TPSA) is 18.5 Å². The number of ether oxygens (including phenoxy) is 2. The molecule has 2 nitrogen and oxygen atoms in total. The summed E-state index contributed by atoms with van der Waals surface area (Å²) < 4.78 is 11.1. The van der Waals surface area contributed by atoms with Gasteiger partial charge in [-0.25, -0.2) is 0 Å². The molecule has 1 rings (SSSR count). The summed E-state index contributed by atoms with van der Waals surface area (Å²) >= 11 is 5.62. The zero-order chi connectivity index (χ0) is 12.5. The van der Waals surface area contributed by atoms with Gasteiger partial charge < -0.3 is 9.47 Å². The van der Waals surface area contributed by atoms with Gasteiger partial charge in [-0.15, -0.1) is 11.6 Å². The molecule has 0 saturated carbocycles. The first kappa shape index (κ1) is 13.9. The summed E-state index contributed by atoms with van der Waals surface area (Å²) in [4.78, 5) is 0. The molecular formula is C14H19ClO2. The van der Waals surface area contributed by atoms with Gasteiger partial charge in [0.25, 0.3) is 0 Å². The predicted molar refractivity (Wildman–Crippen MR) is 73.2 cm³/mol. The monoisotopic (exact) mass is 254 g/mol. The van der Waals surface area contributed by atoms with Crippen molar-refractivity contribution in [2.24, 2.45) is 0 Å². The number of hydrogen-bond acceptors (Lipinski definition) is 2. The van der Waals surface area contributed by atoms with E-state index >= 15 is 0 Å². The van der Waals surface area contributed by atoms with Gasteiger partial charge >= 0.3 is 0 Å². The normalized spacial score (nSPS) is 10.8. The van der Waals surface area contributed by atoms with E-state index in [1.807, 2.05) is 38.1 Å². The molecule has 0 aliphatic carbocycles. The van der Waals surface area contributed by atoms with Crippen LogP contribution in [-0.4, -0.2) is 19.1 Å². The third-order valence-electron chi connectivity index (χ3n) is 2.15. The molecule has 0 unspecified atom stereocenters. The van der Waals surface area contributed by atoms with Crippen LogP contribution in [0.5, 0.6) is 11.5 Å². The molecular weight excluding hydrogens is 236 g/mol. The van der Waals surface area contributed by atoms with Crippen LogP contribution in [0.2, 0.25) is 0 Å². The fourth-order valence-corrected chi connectivity index (χ4v) is 1.58. The maximum atomic E-state index is 5.62. The molecule has 0 atom stereocenters. The Morgan fingerprint density at radius 2 is 1.82 bits per heavy atom. The molecule has 0 heterocycles. The number of allylic oxidation sites excluding steroid dienone is 1. The van der Waals surface area contributed by atoms with E-state index in [1.165, 1.54) is 0 Å². The lowest BCUT2D eigenvalue weighted by Crippen LogP contribution is -1.98. The lowest BCUT2D eigenvalue weighted by atomic mass is 10.2. The summed E-state index contributed by atoms with van der Waals surface area (Å²) in [6.45, 7) is 5.20. The first-order valence-electron chi connectivity index (χ1n) is 5.94. The van der Waals surface area contributed by atoms with Gasteiger partial charge in [0.15, 0.2) is 11.5 Å². The Balaban J connectivity index is 2.84. The van der Waals surface area contributed by atoms with Gasteiger partial charge in [-0.2, -0.15) is 0 Å². The van der Waals surface area contributed by atoms with Crippen LogP contribution in [-0.2, 0) is 0 Å². The summed E-state index contributed by atoms with van der Waals surface area (Å²) in [6, 6.07) is 5.94. The quantitative estimate of drug-likeness (QED) is 0.682. The highest BCUT2D eigenvalue weighted by atomic mass is 35.5. The van der Waals surface area contributed by atoms with Crippen molar-refractivity contribution in [1.29, 1.82) is 0 Å². The first-order valence-corrected chi connectivity index (χ1v) is 6.47.